The summed E-state index contributed by atoms with van der Waals surface area (Å²) < 4.78 is 0. The van der Waals surface area contributed by atoms with Gasteiger partial charge in [0.25, 0.3) is 5.91 Å². The van der Waals surface area contributed by atoms with Crippen LogP contribution in [-0.4, -0.2) is 40.6 Å². The molecule has 8 nitrogen and oxygen atoms in total. The maximum absolute atomic E-state index is 13.2. The summed E-state index contributed by atoms with van der Waals surface area (Å²) in [6, 6.07) is 9.82. The van der Waals surface area contributed by atoms with Crippen LogP contribution in [0.2, 0.25) is 0 Å². The number of rotatable bonds is 10. The molecule has 2 amide bonds. The van der Waals surface area contributed by atoms with Crippen LogP contribution in [0.3, 0.4) is 0 Å². The smallest absolute Gasteiger partial charge is 0.263 e. The number of nitrogens with zero attached hydrogens (tertiary/aromatic N) is 4. The van der Waals surface area contributed by atoms with Crippen LogP contribution in [-0.2, 0) is 16.0 Å². The molecule has 0 bridgehead atoms. The van der Waals surface area contributed by atoms with E-state index >= 15 is 0 Å². The van der Waals surface area contributed by atoms with Crippen molar-refractivity contribution in [3.63, 3.8) is 0 Å². The van der Waals surface area contributed by atoms with E-state index in [1.807, 2.05) is 39.8 Å². The fourth-order valence-electron chi connectivity index (χ4n) is 5.14. The first-order valence-corrected chi connectivity index (χ1v) is 15.7. The number of Topliss-reactive ketones (excluding diaryl/α,β-unsaturated/α-hetero) is 1. The number of carbonyl (C=O) groups excluding carboxylic acids is 3. The quantitative estimate of drug-likeness (QED) is 0.321. The van der Waals surface area contributed by atoms with E-state index in [0.29, 0.717) is 47.7 Å². The van der Waals surface area contributed by atoms with Crippen molar-refractivity contribution in [2.45, 2.75) is 86.5 Å². The minimum absolute atomic E-state index is 0.0268. The Morgan fingerprint density at radius 2 is 1.72 bits per heavy atom. The van der Waals surface area contributed by atoms with Crippen molar-refractivity contribution in [3.8, 4) is 6.07 Å². The molecule has 3 aliphatic rings. The van der Waals surface area contributed by atoms with Gasteiger partial charge in [-0.2, -0.15) is 5.26 Å². The number of nitrogens with one attached hydrogen (secondary N) is 1. The minimum Gasteiger partial charge on any atom is -0.325 e. The van der Waals surface area contributed by atoms with E-state index in [1.54, 1.807) is 17.2 Å². The highest BCUT2D eigenvalue weighted by atomic mass is 16.2. The van der Waals surface area contributed by atoms with Crippen molar-refractivity contribution >= 4 is 29.1 Å². The Kier molecular flexibility index (Phi) is 12.1. The predicted octanol–water partition coefficient (Wildman–Crippen LogP) is 7.03. The lowest BCUT2D eigenvalue weighted by Crippen LogP contribution is -2.46. The fourth-order valence-corrected chi connectivity index (χ4v) is 5.14. The summed E-state index contributed by atoms with van der Waals surface area (Å²) in [4.78, 5) is 45.2. The maximum Gasteiger partial charge on any atom is 0.263 e. The monoisotopic (exact) mass is 585 g/mol. The van der Waals surface area contributed by atoms with Gasteiger partial charge in [-0.25, -0.2) is 4.98 Å². The van der Waals surface area contributed by atoms with Crippen LogP contribution in [0.1, 0.15) is 100 Å². The van der Waals surface area contributed by atoms with E-state index < -0.39 is 0 Å². The molecular weight excluding hydrogens is 538 g/mol. The van der Waals surface area contributed by atoms with Gasteiger partial charge in [0.05, 0.1) is 29.1 Å². The van der Waals surface area contributed by atoms with Gasteiger partial charge in [-0.15, -0.1) is 0 Å². The van der Waals surface area contributed by atoms with Crippen molar-refractivity contribution in [3.05, 3.63) is 65.1 Å². The predicted molar refractivity (Wildman–Crippen MR) is 172 cm³/mol. The largest absolute Gasteiger partial charge is 0.325 e. The first-order valence-electron chi connectivity index (χ1n) is 15.7. The lowest BCUT2D eigenvalue weighted by atomic mass is 10.0. The average molecular weight is 586 g/mol. The highest BCUT2D eigenvalue weighted by Crippen LogP contribution is 2.39. The summed E-state index contributed by atoms with van der Waals surface area (Å²) in [5.74, 6) is 2.29. The molecule has 2 aromatic rings. The van der Waals surface area contributed by atoms with Gasteiger partial charge in [-0.1, -0.05) is 52.0 Å². The molecule has 0 spiro atoms. The van der Waals surface area contributed by atoms with E-state index in [4.69, 9.17) is 5.26 Å². The molecule has 230 valence electrons. The van der Waals surface area contributed by atoms with Crippen LogP contribution >= 0.6 is 0 Å². The summed E-state index contributed by atoms with van der Waals surface area (Å²) in [6.45, 7) is 17.2. The van der Waals surface area contributed by atoms with Crippen molar-refractivity contribution in [1.82, 2.24) is 9.88 Å². The zero-order valence-electron chi connectivity index (χ0n) is 26.7. The lowest BCUT2D eigenvalue weighted by Gasteiger charge is -2.39. The summed E-state index contributed by atoms with van der Waals surface area (Å²) in [7, 11) is 0. The molecule has 1 aromatic heterocycles. The lowest BCUT2D eigenvalue weighted by molar-refractivity contribution is -0.119. The maximum atomic E-state index is 13.2. The molecule has 1 unspecified atom stereocenters. The van der Waals surface area contributed by atoms with Crippen molar-refractivity contribution in [2.75, 3.05) is 23.3 Å². The first kappa shape index (κ1) is 33.5. The normalized spacial score (nSPS) is 16.1. The van der Waals surface area contributed by atoms with Crippen LogP contribution in [0.25, 0.3) is 0 Å². The topological polar surface area (TPSA) is 106 Å². The number of ketones is 1. The molecule has 43 heavy (non-hydrogen) atoms. The van der Waals surface area contributed by atoms with E-state index in [-0.39, 0.29) is 29.9 Å². The SMILES string of the molecule is C=C1N(CC2CC2)C(=O)c2cc(NC(=O)CC(C)CC(C)=O)cnc2N1CC1CC1.CC.CCc1cc(C)ccc1C#N. The van der Waals surface area contributed by atoms with Gasteiger partial charge in [-0.3, -0.25) is 14.5 Å². The molecular formula is C35H47N5O3. The second-order valence-electron chi connectivity index (χ2n) is 11.8. The Balaban J connectivity index is 0.000000327. The summed E-state index contributed by atoms with van der Waals surface area (Å²) in [5.41, 5.74) is 4.19. The molecule has 0 radical (unpaired) electrons. The average Bonchev–Trinajstić information content (AvgIpc) is 3.91. The third-order valence-electron chi connectivity index (χ3n) is 7.71. The minimum atomic E-state index is -0.178. The van der Waals surface area contributed by atoms with E-state index in [0.717, 1.165) is 36.9 Å². The number of nitriles is 1. The second-order valence-corrected chi connectivity index (χ2v) is 11.8. The van der Waals surface area contributed by atoms with Gasteiger partial charge in [-0.05, 0) is 81.4 Å². The molecule has 2 fully saturated rings. The van der Waals surface area contributed by atoms with Crippen molar-refractivity contribution in [2.24, 2.45) is 17.8 Å². The van der Waals surface area contributed by atoms with Crippen LogP contribution in [0.5, 0.6) is 0 Å². The summed E-state index contributed by atoms with van der Waals surface area (Å²) in [6.07, 6.45) is 7.86. The van der Waals surface area contributed by atoms with Gasteiger partial charge in [0.1, 0.15) is 17.4 Å². The van der Waals surface area contributed by atoms with E-state index in [9.17, 15) is 14.4 Å². The number of anilines is 2. The van der Waals surface area contributed by atoms with Gasteiger partial charge in [0.2, 0.25) is 5.91 Å². The highest BCUT2D eigenvalue weighted by molar-refractivity contribution is 6.04. The number of hydrogen-bond acceptors (Lipinski definition) is 6. The van der Waals surface area contributed by atoms with Crippen molar-refractivity contribution in [1.29, 1.82) is 5.26 Å². The van der Waals surface area contributed by atoms with Gasteiger partial charge in [0, 0.05) is 25.9 Å². The van der Waals surface area contributed by atoms with Crippen LogP contribution < -0.4 is 10.2 Å². The number of benzene rings is 1. The first-order chi connectivity index (χ1) is 20.6. The molecule has 2 heterocycles. The molecule has 1 aliphatic heterocycles. The second kappa shape index (κ2) is 15.5. The number of amides is 2. The number of pyridine rings is 1. The molecule has 5 rings (SSSR count). The zero-order valence-corrected chi connectivity index (χ0v) is 26.7. The number of hydrogen-bond donors (Lipinski definition) is 1. The van der Waals surface area contributed by atoms with Crippen molar-refractivity contribution < 1.29 is 14.4 Å². The van der Waals surface area contributed by atoms with E-state index in [1.165, 1.54) is 25.3 Å². The fraction of sp³-hybridized carbons (Fsp3) is 0.514. The van der Waals surface area contributed by atoms with Crippen LogP contribution in [0.15, 0.2) is 42.9 Å². The Morgan fingerprint density at radius 1 is 1.09 bits per heavy atom. The van der Waals surface area contributed by atoms with Gasteiger partial charge < -0.3 is 15.0 Å². The highest BCUT2D eigenvalue weighted by Gasteiger charge is 2.39. The summed E-state index contributed by atoms with van der Waals surface area (Å²) >= 11 is 0. The van der Waals surface area contributed by atoms with Gasteiger partial charge >= 0.3 is 0 Å². The van der Waals surface area contributed by atoms with Crippen LogP contribution in [0.4, 0.5) is 11.5 Å². The van der Waals surface area contributed by atoms with E-state index in [2.05, 4.69) is 40.8 Å². The van der Waals surface area contributed by atoms with Crippen LogP contribution in [0, 0.1) is 36.0 Å². The Labute approximate surface area is 257 Å². The number of aromatic nitrogens is 1. The Bertz CT molecular complexity index is 1370. The molecule has 8 heteroatoms. The summed E-state index contributed by atoms with van der Waals surface area (Å²) in [5, 5.41) is 11.5. The molecule has 2 aliphatic carbocycles. The Morgan fingerprint density at radius 3 is 2.28 bits per heavy atom. The Hall–Kier alpha value is -3.99. The number of carbonyl (C=O) groups is 3. The molecule has 1 atom stereocenters. The standard InChI is InChI=1S/C23H30N4O3.C10H11N.C2H6/c1-14(8-15(2)28)9-21(29)25-19-10-20-22(24-11-19)26(12-17-4-5-17)16(3)27(23(20)30)13-18-6-7-18;1-3-9-6-8(2)4-5-10(9)7-11;1-2/h10-11,14,17-18H,3-9,12-13H2,1-2H3,(H,25,29);4-6H,3H2,1-2H3;1-2H3. The van der Waals surface area contributed by atoms with Gasteiger partial charge in [0.15, 0.2) is 0 Å². The third-order valence-corrected chi connectivity index (χ3v) is 7.71. The number of fused-ring (bicyclic) bond motifs is 1. The zero-order chi connectivity index (χ0) is 31.7. The molecule has 1 aromatic carbocycles. The molecule has 0 saturated heterocycles. The third kappa shape index (κ3) is 9.51. The molecule has 2 saturated carbocycles. The molecule has 1 N–H and O–H groups in total. The number of aryl methyl sites for hydroxylation is 2.